The Morgan fingerprint density at radius 3 is 2.47 bits per heavy atom. The molecule has 0 radical (unpaired) electrons. The van der Waals surface area contributed by atoms with Gasteiger partial charge in [0.2, 0.25) is 5.88 Å². The van der Waals surface area contributed by atoms with Crippen LogP contribution < -0.4 is 20.3 Å². The van der Waals surface area contributed by atoms with Gasteiger partial charge in [0.1, 0.15) is 5.75 Å². The fourth-order valence-electron chi connectivity index (χ4n) is 2.97. The number of aryl methyl sites for hydroxylation is 1. The molecule has 0 aliphatic carbocycles. The lowest BCUT2D eigenvalue weighted by Crippen LogP contribution is -2.36. The Bertz CT molecular complexity index is 1140. The maximum atomic E-state index is 12.5. The van der Waals surface area contributed by atoms with Crippen LogP contribution in [0.25, 0.3) is 5.69 Å². The van der Waals surface area contributed by atoms with Gasteiger partial charge in [-0.1, -0.05) is 29.8 Å². The number of carbonyl (C=O) groups is 1. The minimum Gasteiger partial charge on any atom is -0.491 e. The summed E-state index contributed by atoms with van der Waals surface area (Å²) in [6, 6.07) is 15.5. The summed E-state index contributed by atoms with van der Waals surface area (Å²) in [6.45, 7) is 7.75. The van der Waals surface area contributed by atoms with Crippen molar-refractivity contribution >= 4 is 17.5 Å². The zero-order chi connectivity index (χ0) is 23.3. The molecule has 0 unspecified atom stereocenters. The maximum Gasteiger partial charge on any atom is 0.271 e. The second-order valence-electron chi connectivity index (χ2n) is 7.64. The summed E-state index contributed by atoms with van der Waals surface area (Å²) in [4.78, 5) is 24.8. The molecule has 0 fully saturated rings. The van der Waals surface area contributed by atoms with Gasteiger partial charge < -0.3 is 14.8 Å². The van der Waals surface area contributed by atoms with Crippen LogP contribution in [0.15, 0.2) is 59.4 Å². The van der Waals surface area contributed by atoms with Crippen molar-refractivity contribution in [2.24, 2.45) is 0 Å². The van der Waals surface area contributed by atoms with Crippen LogP contribution >= 0.6 is 11.6 Å². The summed E-state index contributed by atoms with van der Waals surface area (Å²) in [5.74, 6) is 0.635. The van der Waals surface area contributed by atoms with Gasteiger partial charge in [0, 0.05) is 23.7 Å². The third kappa shape index (κ3) is 6.11. The summed E-state index contributed by atoms with van der Waals surface area (Å²) in [6.07, 6.45) is -0.707. The highest BCUT2D eigenvalue weighted by Crippen LogP contribution is 2.19. The van der Waals surface area contributed by atoms with Crippen LogP contribution in [-0.2, 0) is 11.3 Å². The molecule has 1 aromatic heterocycles. The number of hydrogen-bond acceptors (Lipinski definition) is 5. The summed E-state index contributed by atoms with van der Waals surface area (Å²) in [5, 5.41) is 7.57. The molecule has 3 aromatic rings. The van der Waals surface area contributed by atoms with Crippen LogP contribution in [0.1, 0.15) is 31.9 Å². The molecule has 1 heterocycles. The Morgan fingerprint density at radius 1 is 1.06 bits per heavy atom. The predicted octanol–water partition coefficient (Wildman–Crippen LogP) is 4.07. The number of nitrogens with one attached hydrogen (secondary N) is 1. The highest BCUT2D eigenvalue weighted by molar-refractivity contribution is 6.30. The quantitative estimate of drug-likeness (QED) is 0.553. The number of carbonyl (C=O) groups excluding carboxylic acids is 1. The molecule has 7 nitrogen and oxygen atoms in total. The van der Waals surface area contributed by atoms with E-state index < -0.39 is 6.10 Å². The van der Waals surface area contributed by atoms with Crippen LogP contribution in [0, 0.1) is 6.92 Å². The van der Waals surface area contributed by atoms with Crippen molar-refractivity contribution in [3.63, 3.8) is 0 Å². The van der Waals surface area contributed by atoms with E-state index in [-0.39, 0.29) is 23.5 Å². The largest absolute Gasteiger partial charge is 0.491 e. The first-order valence-corrected chi connectivity index (χ1v) is 10.7. The number of benzene rings is 2. The maximum absolute atomic E-state index is 12.5. The Kier molecular flexibility index (Phi) is 7.53. The first kappa shape index (κ1) is 23.3. The molecule has 0 aliphatic rings. The van der Waals surface area contributed by atoms with Crippen LogP contribution in [-0.4, -0.2) is 27.9 Å². The molecule has 0 saturated heterocycles. The molecular formula is C24H26ClN3O4. The molecule has 2 aromatic carbocycles. The van der Waals surface area contributed by atoms with E-state index in [0.717, 1.165) is 16.9 Å². The van der Waals surface area contributed by atoms with E-state index in [1.54, 1.807) is 25.1 Å². The highest BCUT2D eigenvalue weighted by atomic mass is 35.5. The molecule has 0 spiro atoms. The number of aromatic nitrogens is 2. The Morgan fingerprint density at radius 2 is 1.78 bits per heavy atom. The lowest BCUT2D eigenvalue weighted by atomic mass is 10.2. The summed E-state index contributed by atoms with van der Waals surface area (Å²) < 4.78 is 12.5. The summed E-state index contributed by atoms with van der Waals surface area (Å²) in [7, 11) is 0. The van der Waals surface area contributed by atoms with Gasteiger partial charge in [-0.25, -0.2) is 0 Å². The third-order valence-electron chi connectivity index (χ3n) is 4.60. The monoisotopic (exact) mass is 455 g/mol. The van der Waals surface area contributed by atoms with Crippen molar-refractivity contribution in [1.82, 2.24) is 15.1 Å². The number of halogens is 1. The van der Waals surface area contributed by atoms with Crippen molar-refractivity contribution < 1.29 is 14.3 Å². The molecule has 0 bridgehead atoms. The molecule has 32 heavy (non-hydrogen) atoms. The van der Waals surface area contributed by atoms with Gasteiger partial charge in [0.05, 0.1) is 11.8 Å². The number of hydrogen-bond donors (Lipinski definition) is 1. The van der Waals surface area contributed by atoms with Gasteiger partial charge in [0.25, 0.3) is 11.5 Å². The molecule has 1 amide bonds. The molecule has 168 valence electrons. The van der Waals surface area contributed by atoms with Crippen molar-refractivity contribution in [3.8, 4) is 17.3 Å². The van der Waals surface area contributed by atoms with E-state index in [4.69, 9.17) is 21.1 Å². The molecule has 1 N–H and O–H groups in total. The molecule has 3 rings (SSSR count). The molecule has 8 heteroatoms. The lowest BCUT2D eigenvalue weighted by molar-refractivity contribution is -0.127. The smallest absolute Gasteiger partial charge is 0.271 e. The van der Waals surface area contributed by atoms with Crippen molar-refractivity contribution in [1.29, 1.82) is 0 Å². The van der Waals surface area contributed by atoms with Gasteiger partial charge in [-0.15, -0.1) is 5.10 Å². The van der Waals surface area contributed by atoms with Gasteiger partial charge in [-0.3, -0.25) is 9.59 Å². The van der Waals surface area contributed by atoms with E-state index >= 15 is 0 Å². The van der Waals surface area contributed by atoms with E-state index in [1.807, 2.05) is 45.0 Å². The van der Waals surface area contributed by atoms with Crippen molar-refractivity contribution in [2.75, 3.05) is 0 Å². The minimum atomic E-state index is -0.808. The summed E-state index contributed by atoms with van der Waals surface area (Å²) in [5.41, 5.74) is 1.99. The standard InChI is InChI=1S/C24H26ClN3O4/c1-15(2)31-20-9-6-18(7-10-20)14-26-24(30)17(4)32-22-11-12-23(29)28(27-22)21-13-19(25)8-5-16(21)3/h5-13,15,17H,14H2,1-4H3,(H,26,30)/t17-/m1/s1. The average Bonchev–Trinajstić information content (AvgIpc) is 2.75. The number of nitrogens with zero attached hydrogens (tertiary/aromatic N) is 2. The fourth-order valence-corrected chi connectivity index (χ4v) is 3.13. The SMILES string of the molecule is Cc1ccc(Cl)cc1-n1nc(O[C@H](C)C(=O)NCc2ccc(OC(C)C)cc2)ccc1=O. The van der Waals surface area contributed by atoms with Crippen LogP contribution in [0.3, 0.4) is 0 Å². The predicted molar refractivity (Wildman–Crippen MR) is 124 cm³/mol. The second kappa shape index (κ2) is 10.3. The highest BCUT2D eigenvalue weighted by Gasteiger charge is 2.16. The van der Waals surface area contributed by atoms with Gasteiger partial charge in [0.15, 0.2) is 6.10 Å². The normalized spacial score (nSPS) is 11.8. The molecule has 1 atom stereocenters. The van der Waals surface area contributed by atoms with Crippen molar-refractivity contribution in [3.05, 3.63) is 81.1 Å². The van der Waals surface area contributed by atoms with E-state index in [9.17, 15) is 9.59 Å². The van der Waals surface area contributed by atoms with Gasteiger partial charge in [-0.2, -0.15) is 4.68 Å². The lowest BCUT2D eigenvalue weighted by Gasteiger charge is -2.15. The molecule has 0 aliphatic heterocycles. The second-order valence-corrected chi connectivity index (χ2v) is 8.08. The Labute approximate surface area is 191 Å². The zero-order valence-corrected chi connectivity index (χ0v) is 19.2. The number of rotatable bonds is 8. The van der Waals surface area contributed by atoms with Gasteiger partial charge in [-0.05, 0) is 63.1 Å². The first-order valence-electron chi connectivity index (χ1n) is 10.3. The van der Waals surface area contributed by atoms with E-state index in [0.29, 0.717) is 17.3 Å². The minimum absolute atomic E-state index is 0.101. The number of ether oxygens (including phenoxy) is 2. The average molecular weight is 456 g/mol. The van der Waals surface area contributed by atoms with E-state index in [2.05, 4.69) is 10.4 Å². The van der Waals surface area contributed by atoms with Crippen LogP contribution in [0.4, 0.5) is 0 Å². The molecular weight excluding hydrogens is 430 g/mol. The third-order valence-corrected chi connectivity index (χ3v) is 4.84. The zero-order valence-electron chi connectivity index (χ0n) is 18.5. The number of amides is 1. The Hall–Kier alpha value is -3.32. The van der Waals surface area contributed by atoms with Gasteiger partial charge >= 0.3 is 0 Å². The first-order chi connectivity index (χ1) is 15.2. The molecule has 0 saturated carbocycles. The summed E-state index contributed by atoms with van der Waals surface area (Å²) >= 11 is 6.07. The van der Waals surface area contributed by atoms with Crippen molar-refractivity contribution in [2.45, 2.75) is 46.4 Å². The topological polar surface area (TPSA) is 82.5 Å². The fraction of sp³-hybridized carbons (Fsp3) is 0.292. The van der Waals surface area contributed by atoms with Crippen LogP contribution in [0.2, 0.25) is 5.02 Å². The van der Waals surface area contributed by atoms with E-state index in [1.165, 1.54) is 16.8 Å². The van der Waals surface area contributed by atoms with Crippen LogP contribution in [0.5, 0.6) is 11.6 Å². The Balaban J connectivity index is 1.64.